The average molecular weight is 815 g/mol. The summed E-state index contributed by atoms with van der Waals surface area (Å²) in [5.41, 5.74) is 0. The molecular weight excluding hydrogens is 727 g/mol. The van der Waals surface area contributed by atoms with E-state index in [1.165, 1.54) is 122 Å². The van der Waals surface area contributed by atoms with Crippen LogP contribution in [0.4, 0.5) is 0 Å². The van der Waals surface area contributed by atoms with Gasteiger partial charge in [-0.25, -0.2) is 4.57 Å². The molecule has 0 saturated carbocycles. The van der Waals surface area contributed by atoms with E-state index in [1.54, 1.807) is 0 Å². The summed E-state index contributed by atoms with van der Waals surface area (Å²) in [6.45, 7) is 3.49. The number of phosphoric ester groups is 1. The number of esters is 1. The molecule has 0 bridgehead atoms. The van der Waals surface area contributed by atoms with Crippen LogP contribution in [0.5, 0.6) is 0 Å². The molecule has 0 aliphatic heterocycles. The molecule has 9 nitrogen and oxygen atoms in total. The number of unbranched alkanes of at least 4 members (excludes halogenated alkanes) is 24. The molecule has 3 atom stereocenters. The third-order valence-electron chi connectivity index (χ3n) is 9.80. The lowest BCUT2D eigenvalue weighted by atomic mass is 10.1. The molecule has 0 radical (unpaired) electrons. The summed E-state index contributed by atoms with van der Waals surface area (Å²) in [5.74, 6) is -0.390. The summed E-state index contributed by atoms with van der Waals surface area (Å²) in [6, 6.07) is 0. The first-order chi connectivity index (χ1) is 27.3. The fourth-order valence-corrected chi connectivity index (χ4v) is 7.05. The third-order valence-corrected chi connectivity index (χ3v) is 10.7. The number of ether oxygens (including phenoxy) is 2. The van der Waals surface area contributed by atoms with Crippen LogP contribution in [0.2, 0.25) is 0 Å². The number of carbonyl (C=O) groups is 1. The van der Waals surface area contributed by atoms with E-state index in [-0.39, 0.29) is 25.6 Å². The Morgan fingerprint density at radius 3 is 1.46 bits per heavy atom. The minimum absolute atomic E-state index is 0.0414. The lowest BCUT2D eigenvalue weighted by Crippen LogP contribution is -2.29. The summed E-state index contributed by atoms with van der Waals surface area (Å²) >= 11 is 0. The SMILES string of the molecule is CCCCCC/C=C\C/C=C\CCCCCCCCOCC(COP(=O)(O)OCC(O)CO)OC(=O)CCCCCCCCC/C=C\CCCCCCCCC. The Kier molecular flexibility index (Phi) is 42.2. The van der Waals surface area contributed by atoms with E-state index in [4.69, 9.17) is 23.6 Å². The second-order valence-corrected chi connectivity index (χ2v) is 16.9. The molecular formula is C46H87O9P. The number of allylic oxidation sites excluding steroid dienone is 6. The molecule has 330 valence electrons. The largest absolute Gasteiger partial charge is 0.472 e. The third kappa shape index (κ3) is 42.3. The summed E-state index contributed by atoms with van der Waals surface area (Å²) in [7, 11) is -4.52. The van der Waals surface area contributed by atoms with E-state index in [0.717, 1.165) is 64.2 Å². The summed E-state index contributed by atoms with van der Waals surface area (Å²) in [5, 5.41) is 18.4. The Morgan fingerprint density at radius 1 is 0.554 bits per heavy atom. The highest BCUT2D eigenvalue weighted by Gasteiger charge is 2.26. The van der Waals surface area contributed by atoms with Gasteiger partial charge < -0.3 is 24.6 Å². The van der Waals surface area contributed by atoms with Crippen molar-refractivity contribution in [1.82, 2.24) is 0 Å². The van der Waals surface area contributed by atoms with Crippen LogP contribution in [0.3, 0.4) is 0 Å². The van der Waals surface area contributed by atoms with Gasteiger partial charge >= 0.3 is 13.8 Å². The van der Waals surface area contributed by atoms with Crippen LogP contribution >= 0.6 is 7.82 Å². The lowest BCUT2D eigenvalue weighted by Gasteiger charge is -2.20. The van der Waals surface area contributed by atoms with E-state index in [9.17, 15) is 19.4 Å². The lowest BCUT2D eigenvalue weighted by molar-refractivity contribution is -0.154. The molecule has 0 saturated heterocycles. The van der Waals surface area contributed by atoms with Gasteiger partial charge in [-0.15, -0.1) is 0 Å². The number of aliphatic hydroxyl groups is 2. The molecule has 0 aromatic heterocycles. The molecule has 0 rings (SSSR count). The van der Waals surface area contributed by atoms with Gasteiger partial charge in [-0.1, -0.05) is 166 Å². The minimum Gasteiger partial charge on any atom is -0.457 e. The molecule has 0 heterocycles. The van der Waals surface area contributed by atoms with Crippen LogP contribution in [-0.4, -0.2) is 66.3 Å². The van der Waals surface area contributed by atoms with Gasteiger partial charge in [0.05, 0.1) is 26.4 Å². The first kappa shape index (κ1) is 54.7. The molecule has 3 unspecified atom stereocenters. The summed E-state index contributed by atoms with van der Waals surface area (Å²) in [4.78, 5) is 22.6. The van der Waals surface area contributed by atoms with Gasteiger partial charge in [-0.05, 0) is 70.6 Å². The summed E-state index contributed by atoms with van der Waals surface area (Å²) < 4.78 is 33.4. The maximum atomic E-state index is 12.6. The van der Waals surface area contributed by atoms with Crippen molar-refractivity contribution >= 4 is 13.8 Å². The van der Waals surface area contributed by atoms with Crippen molar-refractivity contribution in [3.8, 4) is 0 Å². The van der Waals surface area contributed by atoms with Gasteiger partial charge in [0.15, 0.2) is 0 Å². The second kappa shape index (κ2) is 43.3. The Balaban J connectivity index is 4.16. The zero-order valence-corrected chi connectivity index (χ0v) is 37.0. The van der Waals surface area contributed by atoms with Crippen molar-refractivity contribution in [3.63, 3.8) is 0 Å². The van der Waals surface area contributed by atoms with E-state index in [0.29, 0.717) is 6.61 Å². The fourth-order valence-electron chi connectivity index (χ4n) is 6.26. The highest BCUT2D eigenvalue weighted by atomic mass is 31.2. The highest BCUT2D eigenvalue weighted by molar-refractivity contribution is 7.47. The van der Waals surface area contributed by atoms with E-state index in [2.05, 4.69) is 50.3 Å². The molecule has 0 aromatic rings. The maximum absolute atomic E-state index is 12.6. The number of hydrogen-bond acceptors (Lipinski definition) is 8. The maximum Gasteiger partial charge on any atom is 0.472 e. The van der Waals surface area contributed by atoms with E-state index in [1.807, 2.05) is 0 Å². The number of aliphatic hydroxyl groups excluding tert-OH is 2. The first-order valence-electron chi connectivity index (χ1n) is 23.0. The first-order valence-corrected chi connectivity index (χ1v) is 24.5. The van der Waals surface area contributed by atoms with Crippen molar-refractivity contribution in [2.24, 2.45) is 0 Å². The van der Waals surface area contributed by atoms with Crippen molar-refractivity contribution in [2.45, 2.75) is 219 Å². The quantitative estimate of drug-likeness (QED) is 0.0238. The van der Waals surface area contributed by atoms with Gasteiger partial charge in [0.1, 0.15) is 12.2 Å². The highest BCUT2D eigenvalue weighted by Crippen LogP contribution is 2.43. The average Bonchev–Trinajstić information content (AvgIpc) is 3.19. The molecule has 10 heteroatoms. The molecule has 0 spiro atoms. The van der Waals surface area contributed by atoms with Crippen molar-refractivity contribution in [3.05, 3.63) is 36.5 Å². The molecule has 0 aromatic carbocycles. The zero-order valence-electron chi connectivity index (χ0n) is 36.1. The second-order valence-electron chi connectivity index (χ2n) is 15.4. The van der Waals surface area contributed by atoms with Crippen LogP contribution in [0.1, 0.15) is 206 Å². The molecule has 0 aliphatic carbocycles. The van der Waals surface area contributed by atoms with Crippen LogP contribution in [0.15, 0.2) is 36.5 Å². The minimum atomic E-state index is -4.52. The molecule has 0 aliphatic rings. The number of carbonyl (C=O) groups excluding carboxylic acids is 1. The Hall–Kier alpha value is -1.32. The van der Waals surface area contributed by atoms with Gasteiger partial charge in [0.2, 0.25) is 0 Å². The monoisotopic (exact) mass is 815 g/mol. The van der Waals surface area contributed by atoms with Gasteiger partial charge in [-0.3, -0.25) is 13.8 Å². The molecule has 3 N–H and O–H groups in total. The predicted molar refractivity (Wildman–Crippen MR) is 233 cm³/mol. The van der Waals surface area contributed by atoms with Crippen molar-refractivity contribution < 1.29 is 43.0 Å². The zero-order chi connectivity index (χ0) is 41.1. The topological polar surface area (TPSA) is 132 Å². The van der Waals surface area contributed by atoms with Crippen LogP contribution in [0.25, 0.3) is 0 Å². The van der Waals surface area contributed by atoms with E-state index < -0.39 is 33.2 Å². The van der Waals surface area contributed by atoms with Crippen LogP contribution in [0, 0.1) is 0 Å². The molecule has 0 fully saturated rings. The predicted octanol–water partition coefficient (Wildman–Crippen LogP) is 12.8. The number of hydrogen-bond donors (Lipinski definition) is 3. The van der Waals surface area contributed by atoms with Crippen molar-refractivity contribution in [2.75, 3.05) is 33.0 Å². The fraction of sp³-hybridized carbons (Fsp3) is 0.848. The van der Waals surface area contributed by atoms with Gasteiger partial charge in [0.25, 0.3) is 0 Å². The normalized spacial score (nSPS) is 14.3. The molecule has 56 heavy (non-hydrogen) atoms. The Bertz CT molecular complexity index is 970. The van der Waals surface area contributed by atoms with Crippen LogP contribution in [-0.2, 0) is 27.9 Å². The van der Waals surface area contributed by atoms with Crippen LogP contribution < -0.4 is 0 Å². The number of phosphoric acid groups is 1. The van der Waals surface area contributed by atoms with Crippen molar-refractivity contribution in [1.29, 1.82) is 0 Å². The molecule has 0 amide bonds. The Morgan fingerprint density at radius 2 is 0.964 bits per heavy atom. The van der Waals surface area contributed by atoms with Gasteiger partial charge in [-0.2, -0.15) is 0 Å². The Labute approximate surface area is 344 Å². The number of rotatable bonds is 44. The standard InChI is InChI=1S/C46H87O9P/c1-3-5-7-9-11-13-15-17-19-21-22-24-26-28-30-32-34-36-38-46(49)55-45(43-54-56(50,51)53-41-44(48)40-47)42-52-39-37-35-33-31-29-27-25-23-20-18-16-14-12-10-8-6-4-2/h14,16,19-21,23,44-45,47-48H,3-13,15,17-18,22,24-43H2,1-2H3,(H,50,51)/b16-14-,21-19-,23-20-. The summed E-state index contributed by atoms with van der Waals surface area (Å²) in [6.07, 6.45) is 46.7. The van der Waals surface area contributed by atoms with Gasteiger partial charge in [0, 0.05) is 13.0 Å². The smallest absolute Gasteiger partial charge is 0.457 e. The van der Waals surface area contributed by atoms with E-state index >= 15 is 0 Å².